The summed E-state index contributed by atoms with van der Waals surface area (Å²) in [5, 5.41) is 0. The molecule has 1 saturated heterocycles. The fraction of sp³-hybridized carbons (Fsp3) is 1.00. The lowest BCUT2D eigenvalue weighted by Gasteiger charge is -2.40. The third-order valence-corrected chi connectivity index (χ3v) is 3.70. The average Bonchev–Trinajstić information content (AvgIpc) is 2.14. The molecule has 15 heavy (non-hydrogen) atoms. The predicted molar refractivity (Wildman–Crippen MR) is 66.9 cm³/mol. The summed E-state index contributed by atoms with van der Waals surface area (Å²) in [4.78, 5) is 2.64. The van der Waals surface area contributed by atoms with E-state index in [9.17, 15) is 0 Å². The summed E-state index contributed by atoms with van der Waals surface area (Å²) < 4.78 is 0. The Labute approximate surface area is 95.2 Å². The number of nitrogens with zero attached hydrogens (tertiary/aromatic N) is 1. The molecule has 0 bridgehead atoms. The van der Waals surface area contributed by atoms with Gasteiger partial charge in [-0.3, -0.25) is 4.90 Å². The molecule has 0 radical (unpaired) electrons. The van der Waals surface area contributed by atoms with Gasteiger partial charge in [-0.05, 0) is 45.4 Å². The molecule has 2 heteroatoms. The Balaban J connectivity index is 2.35. The number of nitrogens with two attached hydrogens (primary N) is 1. The third-order valence-electron chi connectivity index (χ3n) is 3.70. The standard InChI is InChI=1S/C13H28N2/c1-10(2)5-6-11(3)15-8-7-13(14)9-12(15)4/h10-13H,5-9,14H2,1-4H3. The first-order valence-corrected chi connectivity index (χ1v) is 6.52. The molecule has 1 heterocycles. The van der Waals surface area contributed by atoms with Gasteiger partial charge in [0.05, 0.1) is 0 Å². The fourth-order valence-corrected chi connectivity index (χ4v) is 2.62. The van der Waals surface area contributed by atoms with E-state index in [2.05, 4.69) is 32.6 Å². The van der Waals surface area contributed by atoms with Crippen molar-refractivity contribution in [1.29, 1.82) is 0 Å². The lowest BCUT2D eigenvalue weighted by Crippen LogP contribution is -2.49. The van der Waals surface area contributed by atoms with Gasteiger partial charge in [-0.2, -0.15) is 0 Å². The fourth-order valence-electron chi connectivity index (χ4n) is 2.62. The van der Waals surface area contributed by atoms with Gasteiger partial charge in [0.25, 0.3) is 0 Å². The summed E-state index contributed by atoms with van der Waals surface area (Å²) in [6.07, 6.45) is 5.02. The molecule has 0 aromatic heterocycles. The molecular formula is C13H28N2. The summed E-state index contributed by atoms with van der Waals surface area (Å²) >= 11 is 0. The minimum Gasteiger partial charge on any atom is -0.328 e. The lowest BCUT2D eigenvalue weighted by molar-refractivity contribution is 0.0965. The van der Waals surface area contributed by atoms with E-state index in [4.69, 9.17) is 5.73 Å². The molecule has 1 rings (SSSR count). The van der Waals surface area contributed by atoms with Crippen LogP contribution in [-0.2, 0) is 0 Å². The highest BCUT2D eigenvalue weighted by molar-refractivity contribution is 4.83. The maximum Gasteiger partial charge on any atom is 0.00844 e. The minimum atomic E-state index is 0.438. The molecule has 2 nitrogen and oxygen atoms in total. The zero-order valence-electron chi connectivity index (χ0n) is 10.9. The normalized spacial score (nSPS) is 30.8. The molecular weight excluding hydrogens is 184 g/mol. The van der Waals surface area contributed by atoms with Gasteiger partial charge < -0.3 is 5.73 Å². The molecule has 2 N–H and O–H groups in total. The van der Waals surface area contributed by atoms with Crippen molar-refractivity contribution in [1.82, 2.24) is 4.90 Å². The highest BCUT2D eigenvalue weighted by atomic mass is 15.2. The van der Waals surface area contributed by atoms with Gasteiger partial charge in [0.15, 0.2) is 0 Å². The van der Waals surface area contributed by atoms with Crippen LogP contribution in [-0.4, -0.2) is 29.6 Å². The van der Waals surface area contributed by atoms with Crippen LogP contribution in [0.3, 0.4) is 0 Å². The van der Waals surface area contributed by atoms with Crippen molar-refractivity contribution in [3.05, 3.63) is 0 Å². The van der Waals surface area contributed by atoms with Crippen molar-refractivity contribution in [2.75, 3.05) is 6.54 Å². The molecule has 0 aromatic rings. The lowest BCUT2D eigenvalue weighted by atomic mass is 9.95. The molecule has 3 unspecified atom stereocenters. The topological polar surface area (TPSA) is 29.3 Å². The Morgan fingerprint density at radius 1 is 1.27 bits per heavy atom. The van der Waals surface area contributed by atoms with Gasteiger partial charge in [-0.15, -0.1) is 0 Å². The van der Waals surface area contributed by atoms with Crippen molar-refractivity contribution >= 4 is 0 Å². The second kappa shape index (κ2) is 5.86. The molecule has 0 spiro atoms. The van der Waals surface area contributed by atoms with Crippen LogP contribution >= 0.6 is 0 Å². The summed E-state index contributed by atoms with van der Waals surface area (Å²) in [5.41, 5.74) is 5.98. The van der Waals surface area contributed by atoms with Gasteiger partial charge >= 0.3 is 0 Å². The van der Waals surface area contributed by atoms with Gasteiger partial charge in [0.2, 0.25) is 0 Å². The van der Waals surface area contributed by atoms with Crippen molar-refractivity contribution in [2.45, 2.75) is 71.5 Å². The first kappa shape index (κ1) is 13.0. The van der Waals surface area contributed by atoms with E-state index in [1.54, 1.807) is 0 Å². The van der Waals surface area contributed by atoms with E-state index in [1.807, 2.05) is 0 Å². The van der Waals surface area contributed by atoms with Crippen LogP contribution in [0.5, 0.6) is 0 Å². The summed E-state index contributed by atoms with van der Waals surface area (Å²) in [6.45, 7) is 10.5. The van der Waals surface area contributed by atoms with E-state index < -0.39 is 0 Å². The first-order chi connectivity index (χ1) is 7.00. The smallest absolute Gasteiger partial charge is 0.00844 e. The van der Waals surface area contributed by atoms with Gasteiger partial charge in [0.1, 0.15) is 0 Å². The van der Waals surface area contributed by atoms with Gasteiger partial charge in [-0.1, -0.05) is 13.8 Å². The van der Waals surface area contributed by atoms with Crippen molar-refractivity contribution in [2.24, 2.45) is 11.7 Å². The van der Waals surface area contributed by atoms with Crippen LogP contribution in [0.15, 0.2) is 0 Å². The molecule has 0 saturated carbocycles. The highest BCUT2D eigenvalue weighted by Gasteiger charge is 2.26. The molecule has 0 aromatic carbocycles. The molecule has 90 valence electrons. The molecule has 3 atom stereocenters. The maximum absolute atomic E-state index is 5.98. The summed E-state index contributed by atoms with van der Waals surface area (Å²) in [7, 11) is 0. The van der Waals surface area contributed by atoms with Crippen LogP contribution in [0.2, 0.25) is 0 Å². The van der Waals surface area contributed by atoms with Crippen LogP contribution < -0.4 is 5.73 Å². The van der Waals surface area contributed by atoms with Crippen molar-refractivity contribution in [3.63, 3.8) is 0 Å². The zero-order valence-corrected chi connectivity index (χ0v) is 10.9. The van der Waals surface area contributed by atoms with E-state index in [0.29, 0.717) is 12.1 Å². The van der Waals surface area contributed by atoms with E-state index in [1.165, 1.54) is 32.2 Å². The molecule has 0 amide bonds. The maximum atomic E-state index is 5.98. The van der Waals surface area contributed by atoms with E-state index in [-0.39, 0.29) is 0 Å². The van der Waals surface area contributed by atoms with Crippen molar-refractivity contribution in [3.8, 4) is 0 Å². The minimum absolute atomic E-state index is 0.438. The Morgan fingerprint density at radius 2 is 1.93 bits per heavy atom. The average molecular weight is 212 g/mol. The summed E-state index contributed by atoms with van der Waals surface area (Å²) in [5.74, 6) is 0.829. The van der Waals surface area contributed by atoms with Crippen molar-refractivity contribution < 1.29 is 0 Å². The Hall–Kier alpha value is -0.0800. The number of hydrogen-bond acceptors (Lipinski definition) is 2. The quantitative estimate of drug-likeness (QED) is 0.776. The molecule has 1 aliphatic heterocycles. The Morgan fingerprint density at radius 3 is 2.47 bits per heavy atom. The van der Waals surface area contributed by atoms with Crippen LogP contribution in [0.25, 0.3) is 0 Å². The Bertz CT molecular complexity index is 179. The third kappa shape index (κ3) is 4.12. The summed E-state index contributed by atoms with van der Waals surface area (Å²) in [6, 6.07) is 1.85. The zero-order chi connectivity index (χ0) is 11.4. The molecule has 0 aliphatic carbocycles. The molecule has 1 fully saturated rings. The predicted octanol–water partition coefficient (Wildman–Crippen LogP) is 2.62. The second-order valence-electron chi connectivity index (χ2n) is 5.69. The van der Waals surface area contributed by atoms with Gasteiger partial charge in [-0.25, -0.2) is 0 Å². The van der Waals surface area contributed by atoms with E-state index in [0.717, 1.165) is 12.0 Å². The molecule has 1 aliphatic rings. The van der Waals surface area contributed by atoms with Gasteiger partial charge in [0, 0.05) is 24.7 Å². The second-order valence-corrected chi connectivity index (χ2v) is 5.69. The number of hydrogen-bond donors (Lipinski definition) is 1. The number of piperidine rings is 1. The number of likely N-dealkylation sites (tertiary alicyclic amines) is 1. The first-order valence-electron chi connectivity index (χ1n) is 6.52. The van der Waals surface area contributed by atoms with Crippen LogP contribution in [0, 0.1) is 5.92 Å². The SMILES string of the molecule is CC(C)CCC(C)N1CCC(N)CC1C. The van der Waals surface area contributed by atoms with Crippen LogP contribution in [0.4, 0.5) is 0 Å². The monoisotopic (exact) mass is 212 g/mol. The highest BCUT2D eigenvalue weighted by Crippen LogP contribution is 2.21. The largest absolute Gasteiger partial charge is 0.328 e. The Kier molecular flexibility index (Phi) is 5.07. The number of rotatable bonds is 4. The van der Waals surface area contributed by atoms with Crippen LogP contribution in [0.1, 0.15) is 53.4 Å². The van der Waals surface area contributed by atoms with E-state index >= 15 is 0 Å².